The third kappa shape index (κ3) is 14.2. The molecule has 0 aromatic heterocycles. The van der Waals surface area contributed by atoms with Crippen LogP contribution in [0.25, 0.3) is 0 Å². The van der Waals surface area contributed by atoms with E-state index in [9.17, 15) is 14.4 Å². The third-order valence-electron chi connectivity index (χ3n) is 7.49. The van der Waals surface area contributed by atoms with Gasteiger partial charge < -0.3 is 20.3 Å². The van der Waals surface area contributed by atoms with Crippen molar-refractivity contribution < 1.29 is 19.1 Å². The zero-order chi connectivity index (χ0) is 29.2. The molecule has 0 bridgehead atoms. The lowest BCUT2D eigenvalue weighted by Crippen LogP contribution is -2.54. The first-order valence-electron chi connectivity index (χ1n) is 15.8. The predicted molar refractivity (Wildman–Crippen MR) is 162 cm³/mol. The number of likely N-dealkylation sites (tertiary alicyclic amines) is 1. The lowest BCUT2D eigenvalue weighted by Gasteiger charge is -2.36. The Morgan fingerprint density at radius 3 is 2.17 bits per heavy atom. The normalized spacial score (nSPS) is 16.3. The second-order valence-corrected chi connectivity index (χ2v) is 12.3. The summed E-state index contributed by atoms with van der Waals surface area (Å²) in [7, 11) is 0. The Kier molecular flexibility index (Phi) is 15.7. The van der Waals surface area contributed by atoms with E-state index in [0.29, 0.717) is 19.4 Å². The van der Waals surface area contributed by atoms with Crippen LogP contribution >= 0.6 is 0 Å². The third-order valence-corrected chi connectivity index (χ3v) is 7.49. The molecule has 0 saturated carbocycles. The first kappa shape index (κ1) is 33.6. The van der Waals surface area contributed by atoms with Crippen molar-refractivity contribution in [2.75, 3.05) is 13.1 Å². The Hall–Kier alpha value is -2.57. The molecule has 1 aliphatic rings. The molecule has 2 atom stereocenters. The minimum atomic E-state index is -0.767. The fourth-order valence-electron chi connectivity index (χ4n) is 5.30. The van der Waals surface area contributed by atoms with E-state index in [0.717, 1.165) is 44.2 Å². The highest BCUT2D eigenvalue weighted by Crippen LogP contribution is 2.19. The average Bonchev–Trinajstić information content (AvgIpc) is 2.92. The molecular weight excluding hydrogens is 502 g/mol. The van der Waals surface area contributed by atoms with Crippen LogP contribution in [0.2, 0.25) is 0 Å². The van der Waals surface area contributed by atoms with Gasteiger partial charge in [0.1, 0.15) is 11.6 Å². The summed E-state index contributed by atoms with van der Waals surface area (Å²) in [6, 6.07) is 8.85. The van der Waals surface area contributed by atoms with Gasteiger partial charge in [-0.15, -0.1) is 0 Å². The van der Waals surface area contributed by atoms with Gasteiger partial charge in [-0.3, -0.25) is 9.59 Å². The van der Waals surface area contributed by atoms with Gasteiger partial charge in [0.25, 0.3) is 0 Å². The number of ether oxygens (including phenoxy) is 1. The topological polar surface area (TPSA) is 87.7 Å². The van der Waals surface area contributed by atoms with Crippen molar-refractivity contribution in [2.24, 2.45) is 0 Å². The van der Waals surface area contributed by atoms with E-state index < -0.39 is 17.7 Å². The standard InChI is InChI=1S/C33H55N3O4/c1-5-6-7-8-9-10-11-12-13-17-23-30(37)36-24-19-18-22-28(36)26-34-31(38)29(25-27-20-15-14-16-21-27)35-32(39)40-33(2,3)4/h14-16,20-21,28-29H,5-13,17-19,22-26H2,1-4H3,(H,34,38)(H,35,39). The zero-order valence-corrected chi connectivity index (χ0v) is 25.6. The van der Waals surface area contributed by atoms with Crippen LogP contribution in [0.5, 0.6) is 0 Å². The van der Waals surface area contributed by atoms with Crippen LogP contribution in [0.3, 0.4) is 0 Å². The van der Waals surface area contributed by atoms with Crippen molar-refractivity contribution in [1.82, 2.24) is 15.5 Å². The maximum Gasteiger partial charge on any atom is 0.408 e. The highest BCUT2D eigenvalue weighted by atomic mass is 16.6. The number of hydrogen-bond donors (Lipinski definition) is 2. The van der Waals surface area contributed by atoms with E-state index in [4.69, 9.17) is 4.74 Å². The minimum absolute atomic E-state index is 0.00720. The molecule has 1 heterocycles. The van der Waals surface area contributed by atoms with E-state index in [1.54, 1.807) is 20.8 Å². The molecular formula is C33H55N3O4. The highest BCUT2D eigenvalue weighted by Gasteiger charge is 2.29. The summed E-state index contributed by atoms with van der Waals surface area (Å²) in [6.07, 6.45) is 15.7. The Morgan fingerprint density at radius 1 is 0.925 bits per heavy atom. The molecule has 2 N–H and O–H groups in total. The van der Waals surface area contributed by atoms with Gasteiger partial charge in [-0.25, -0.2) is 4.79 Å². The van der Waals surface area contributed by atoms with Gasteiger partial charge in [0.15, 0.2) is 0 Å². The molecule has 0 radical (unpaired) electrons. The average molecular weight is 558 g/mol. The van der Waals surface area contributed by atoms with Crippen LogP contribution in [0, 0.1) is 0 Å². The van der Waals surface area contributed by atoms with Gasteiger partial charge in [-0.1, -0.05) is 95.0 Å². The summed E-state index contributed by atoms with van der Waals surface area (Å²) in [6.45, 7) is 8.78. The molecule has 40 heavy (non-hydrogen) atoms. The largest absolute Gasteiger partial charge is 0.444 e. The predicted octanol–water partition coefficient (Wildman–Crippen LogP) is 6.93. The van der Waals surface area contributed by atoms with Gasteiger partial charge in [0, 0.05) is 32.0 Å². The zero-order valence-electron chi connectivity index (χ0n) is 25.6. The van der Waals surface area contributed by atoms with Gasteiger partial charge in [-0.2, -0.15) is 0 Å². The van der Waals surface area contributed by atoms with Crippen LogP contribution in [-0.4, -0.2) is 53.6 Å². The first-order valence-corrected chi connectivity index (χ1v) is 15.8. The maximum absolute atomic E-state index is 13.3. The van der Waals surface area contributed by atoms with Crippen molar-refractivity contribution in [2.45, 2.75) is 142 Å². The lowest BCUT2D eigenvalue weighted by atomic mass is 10.00. The van der Waals surface area contributed by atoms with E-state index in [-0.39, 0.29) is 17.9 Å². The van der Waals surface area contributed by atoms with Crippen molar-refractivity contribution in [3.05, 3.63) is 35.9 Å². The van der Waals surface area contributed by atoms with Crippen LogP contribution in [0.1, 0.15) is 123 Å². The summed E-state index contributed by atoms with van der Waals surface area (Å²) in [4.78, 5) is 40.8. The van der Waals surface area contributed by atoms with Gasteiger partial charge in [0.2, 0.25) is 11.8 Å². The van der Waals surface area contributed by atoms with Crippen LogP contribution < -0.4 is 10.6 Å². The number of rotatable bonds is 17. The quantitative estimate of drug-likeness (QED) is 0.203. The molecule has 226 valence electrons. The molecule has 1 aromatic carbocycles. The number of alkyl carbamates (subject to hydrolysis) is 1. The number of benzene rings is 1. The minimum Gasteiger partial charge on any atom is -0.444 e. The molecule has 0 spiro atoms. The molecule has 2 unspecified atom stereocenters. The van der Waals surface area contributed by atoms with Crippen molar-refractivity contribution in [1.29, 1.82) is 0 Å². The second kappa shape index (κ2) is 18.7. The molecule has 1 fully saturated rings. The van der Waals surface area contributed by atoms with Crippen LogP contribution in [0.15, 0.2) is 30.3 Å². The number of nitrogens with one attached hydrogen (secondary N) is 2. The Morgan fingerprint density at radius 2 is 1.55 bits per heavy atom. The maximum atomic E-state index is 13.3. The summed E-state index contributed by atoms with van der Waals surface area (Å²) in [5, 5.41) is 5.78. The molecule has 3 amide bonds. The number of carbonyl (C=O) groups excluding carboxylic acids is 3. The molecule has 7 heteroatoms. The SMILES string of the molecule is CCCCCCCCCCCCC(=O)N1CCCCC1CNC(=O)C(Cc1ccccc1)NC(=O)OC(C)(C)C. The Bertz CT molecular complexity index is 868. The van der Waals surface area contributed by atoms with E-state index in [2.05, 4.69) is 17.6 Å². The summed E-state index contributed by atoms with van der Waals surface area (Å²) in [5.74, 6) is -0.0615. The molecule has 1 saturated heterocycles. The number of nitrogens with zero attached hydrogens (tertiary/aromatic N) is 1. The Balaban J connectivity index is 1.82. The molecule has 7 nitrogen and oxygen atoms in total. The lowest BCUT2D eigenvalue weighted by molar-refractivity contribution is -0.135. The van der Waals surface area contributed by atoms with Crippen molar-refractivity contribution >= 4 is 17.9 Å². The summed E-state index contributed by atoms with van der Waals surface area (Å²) < 4.78 is 5.40. The fourth-order valence-corrected chi connectivity index (χ4v) is 5.30. The van der Waals surface area contributed by atoms with E-state index in [1.165, 1.54) is 51.4 Å². The Labute approximate surface area is 243 Å². The second-order valence-electron chi connectivity index (χ2n) is 12.3. The van der Waals surface area contributed by atoms with Crippen molar-refractivity contribution in [3.8, 4) is 0 Å². The smallest absolute Gasteiger partial charge is 0.408 e. The van der Waals surface area contributed by atoms with Crippen LogP contribution in [-0.2, 0) is 20.7 Å². The summed E-state index contributed by atoms with van der Waals surface area (Å²) in [5.41, 5.74) is 0.291. The number of carbonyl (C=O) groups is 3. The number of piperidine rings is 1. The molecule has 2 rings (SSSR count). The molecule has 0 aliphatic carbocycles. The summed E-state index contributed by atoms with van der Waals surface area (Å²) >= 11 is 0. The number of hydrogen-bond acceptors (Lipinski definition) is 4. The van der Waals surface area contributed by atoms with Gasteiger partial charge in [0.05, 0.1) is 0 Å². The van der Waals surface area contributed by atoms with Gasteiger partial charge in [-0.05, 0) is 52.0 Å². The fraction of sp³-hybridized carbons (Fsp3) is 0.727. The van der Waals surface area contributed by atoms with E-state index in [1.807, 2.05) is 35.2 Å². The van der Waals surface area contributed by atoms with Gasteiger partial charge >= 0.3 is 6.09 Å². The molecule has 1 aromatic rings. The highest BCUT2D eigenvalue weighted by molar-refractivity contribution is 5.86. The number of amides is 3. The monoisotopic (exact) mass is 557 g/mol. The molecule has 1 aliphatic heterocycles. The van der Waals surface area contributed by atoms with Crippen molar-refractivity contribution in [3.63, 3.8) is 0 Å². The van der Waals surface area contributed by atoms with Crippen LogP contribution in [0.4, 0.5) is 4.79 Å². The van der Waals surface area contributed by atoms with E-state index >= 15 is 0 Å². The number of unbranched alkanes of at least 4 members (excludes halogenated alkanes) is 9. The first-order chi connectivity index (χ1) is 19.2.